The number of nitrogens with zero attached hydrogens (tertiary/aromatic N) is 3. The Morgan fingerprint density at radius 2 is 1.32 bits per heavy atom. The normalized spacial score (nSPS) is 12.3. The Balaban J connectivity index is 1.21. The third kappa shape index (κ3) is 4.01. The van der Waals surface area contributed by atoms with Crippen molar-refractivity contribution >= 4 is 67.4 Å². The summed E-state index contributed by atoms with van der Waals surface area (Å²) in [5, 5.41) is 7.62. The Bertz CT molecular complexity index is 2420. The van der Waals surface area contributed by atoms with Crippen LogP contribution in [0.25, 0.3) is 61.0 Å². The zero-order valence-electron chi connectivity index (χ0n) is 23.3. The number of fused-ring (bicyclic) bond motifs is 6. The molecule has 0 amide bonds. The summed E-state index contributed by atoms with van der Waals surface area (Å²) in [7, 11) is 0. The van der Waals surface area contributed by atoms with Gasteiger partial charge in [-0.15, -0.1) is 0 Å². The van der Waals surface area contributed by atoms with E-state index in [9.17, 15) is 0 Å². The van der Waals surface area contributed by atoms with Crippen LogP contribution in [-0.4, -0.2) is 14.5 Å². The van der Waals surface area contributed by atoms with Crippen LogP contribution in [0.1, 0.15) is 0 Å². The summed E-state index contributed by atoms with van der Waals surface area (Å²) in [6, 6.07) is 46.4. The van der Waals surface area contributed by atoms with Gasteiger partial charge in [-0.25, -0.2) is 9.97 Å². The predicted molar refractivity (Wildman–Crippen MR) is 184 cm³/mol. The number of halogens is 1. The number of para-hydroxylation sites is 3. The molecule has 6 aromatic carbocycles. The van der Waals surface area contributed by atoms with Crippen LogP contribution in [0.15, 0.2) is 143 Å². The summed E-state index contributed by atoms with van der Waals surface area (Å²) in [4.78, 5) is 12.6. The number of hydrogen-bond donors (Lipinski definition) is 1. The maximum atomic E-state index is 6.47. The number of rotatable bonds is 3. The van der Waals surface area contributed by atoms with Crippen molar-refractivity contribution in [1.29, 1.82) is 0 Å². The van der Waals surface area contributed by atoms with E-state index in [1.165, 1.54) is 10.3 Å². The molecule has 0 aliphatic carbocycles. The summed E-state index contributed by atoms with van der Waals surface area (Å²) in [5.41, 5.74) is 9.42. The summed E-state index contributed by atoms with van der Waals surface area (Å²) in [5.74, 6) is 0.662. The van der Waals surface area contributed by atoms with Crippen molar-refractivity contribution < 1.29 is 0 Å². The zero-order chi connectivity index (χ0) is 29.2. The molecule has 3 heterocycles. The topological polar surface area (TPSA) is 42.7 Å². The molecule has 2 aromatic heterocycles. The van der Waals surface area contributed by atoms with Crippen LogP contribution < -0.4 is 5.32 Å². The van der Waals surface area contributed by atoms with Crippen molar-refractivity contribution in [1.82, 2.24) is 14.5 Å². The lowest BCUT2D eigenvalue weighted by molar-refractivity contribution is 1.01. The van der Waals surface area contributed by atoms with Crippen molar-refractivity contribution in [2.75, 3.05) is 5.32 Å². The van der Waals surface area contributed by atoms with Crippen LogP contribution in [-0.2, 0) is 0 Å². The van der Waals surface area contributed by atoms with Crippen molar-refractivity contribution in [3.63, 3.8) is 0 Å². The second-order valence-corrected chi connectivity index (χ2v) is 12.4. The first-order valence-corrected chi connectivity index (χ1v) is 15.6. The molecule has 1 N–H and O–H groups in total. The van der Waals surface area contributed by atoms with Gasteiger partial charge in [0.2, 0.25) is 5.95 Å². The molecule has 0 spiro atoms. The molecular weight excluding hydrogens is 580 g/mol. The van der Waals surface area contributed by atoms with Gasteiger partial charge in [0.1, 0.15) is 0 Å². The molecule has 9 rings (SSSR count). The second kappa shape index (κ2) is 9.98. The van der Waals surface area contributed by atoms with Gasteiger partial charge < -0.3 is 5.32 Å². The molecule has 6 heteroatoms. The lowest BCUT2D eigenvalue weighted by Crippen LogP contribution is -2.03. The highest BCUT2D eigenvalue weighted by Gasteiger charge is 2.20. The number of anilines is 2. The van der Waals surface area contributed by atoms with Crippen LogP contribution in [0, 0.1) is 0 Å². The maximum Gasteiger partial charge on any atom is 0.235 e. The van der Waals surface area contributed by atoms with Crippen molar-refractivity contribution in [2.24, 2.45) is 0 Å². The molecule has 4 nitrogen and oxygen atoms in total. The smallest absolute Gasteiger partial charge is 0.235 e. The van der Waals surface area contributed by atoms with Gasteiger partial charge in [-0.05, 0) is 59.7 Å². The average molecular weight is 603 g/mol. The van der Waals surface area contributed by atoms with Crippen LogP contribution in [0.3, 0.4) is 0 Å². The largest absolute Gasteiger partial charge is 0.352 e. The Hall–Kier alpha value is -5.10. The van der Waals surface area contributed by atoms with Crippen LogP contribution in [0.5, 0.6) is 0 Å². The SMILES string of the molecule is Clc1cccc2c1Nc1ccc(-c3ccc4c(c3)c3ccccc3n4-c3nc(-c4ccccc4)c4ccccc4n3)cc1S2. The molecule has 0 bridgehead atoms. The van der Waals surface area contributed by atoms with Gasteiger partial charge in [-0.2, -0.15) is 0 Å². The monoisotopic (exact) mass is 602 g/mol. The zero-order valence-corrected chi connectivity index (χ0v) is 24.9. The average Bonchev–Trinajstić information content (AvgIpc) is 3.41. The van der Waals surface area contributed by atoms with E-state index in [0.717, 1.165) is 71.0 Å². The molecule has 0 atom stereocenters. The molecule has 0 fully saturated rings. The number of benzene rings is 6. The molecule has 1 aliphatic rings. The summed E-state index contributed by atoms with van der Waals surface area (Å²) in [6.45, 7) is 0. The standard InChI is InChI=1S/C38H23ClN4S/c39-29-13-8-16-34-37(29)40-31-19-17-25(22-35(31)44-34)24-18-20-33-28(21-24)26-11-5-7-15-32(26)43(33)38-41-30-14-6-4-12-27(30)36(42-38)23-9-2-1-3-10-23/h1-22,40H. The van der Waals surface area contributed by atoms with Crippen LogP contribution >= 0.6 is 23.4 Å². The van der Waals surface area contributed by atoms with E-state index < -0.39 is 0 Å². The van der Waals surface area contributed by atoms with E-state index in [0.29, 0.717) is 5.95 Å². The van der Waals surface area contributed by atoms with E-state index >= 15 is 0 Å². The van der Waals surface area contributed by atoms with E-state index in [2.05, 4.69) is 113 Å². The van der Waals surface area contributed by atoms with Gasteiger partial charge in [0.05, 0.1) is 38.6 Å². The third-order valence-corrected chi connectivity index (χ3v) is 9.71. The molecule has 0 radical (unpaired) electrons. The minimum Gasteiger partial charge on any atom is -0.352 e. The summed E-state index contributed by atoms with van der Waals surface area (Å²) >= 11 is 8.21. The maximum absolute atomic E-state index is 6.47. The van der Waals surface area contributed by atoms with Gasteiger partial charge in [0, 0.05) is 31.5 Å². The highest BCUT2D eigenvalue weighted by molar-refractivity contribution is 7.99. The van der Waals surface area contributed by atoms with E-state index in [-0.39, 0.29) is 0 Å². The highest BCUT2D eigenvalue weighted by atomic mass is 35.5. The molecule has 0 saturated carbocycles. The Morgan fingerprint density at radius 3 is 2.23 bits per heavy atom. The fourth-order valence-corrected chi connectivity index (χ4v) is 7.54. The van der Waals surface area contributed by atoms with Gasteiger partial charge in [0.25, 0.3) is 0 Å². The lowest BCUT2D eigenvalue weighted by Gasteiger charge is -2.22. The van der Waals surface area contributed by atoms with Gasteiger partial charge >= 0.3 is 0 Å². The minimum atomic E-state index is 0.662. The quantitative estimate of drug-likeness (QED) is 0.218. The fourth-order valence-electron chi connectivity index (χ4n) is 6.20. The first-order chi connectivity index (χ1) is 21.7. The first kappa shape index (κ1) is 25.4. The Kier molecular flexibility index (Phi) is 5.76. The van der Waals surface area contributed by atoms with Gasteiger partial charge in [-0.1, -0.05) is 108 Å². The van der Waals surface area contributed by atoms with Crippen LogP contribution in [0.2, 0.25) is 5.02 Å². The van der Waals surface area contributed by atoms with Crippen molar-refractivity contribution in [3.05, 3.63) is 138 Å². The lowest BCUT2D eigenvalue weighted by atomic mass is 10.0. The molecule has 44 heavy (non-hydrogen) atoms. The number of hydrogen-bond acceptors (Lipinski definition) is 4. The molecule has 0 saturated heterocycles. The number of nitrogens with one attached hydrogen (secondary N) is 1. The highest BCUT2D eigenvalue weighted by Crippen LogP contribution is 2.48. The summed E-state index contributed by atoms with van der Waals surface area (Å²) < 4.78 is 2.20. The van der Waals surface area contributed by atoms with E-state index in [4.69, 9.17) is 21.6 Å². The van der Waals surface area contributed by atoms with Gasteiger partial charge in [-0.3, -0.25) is 4.57 Å². The van der Waals surface area contributed by atoms with E-state index in [1.807, 2.05) is 30.3 Å². The number of aromatic nitrogens is 3. The molecule has 8 aromatic rings. The molecule has 208 valence electrons. The third-order valence-electron chi connectivity index (χ3n) is 8.28. The predicted octanol–water partition coefficient (Wildman–Crippen LogP) is 10.9. The van der Waals surface area contributed by atoms with Crippen molar-refractivity contribution in [2.45, 2.75) is 9.79 Å². The van der Waals surface area contributed by atoms with Crippen molar-refractivity contribution in [3.8, 4) is 28.3 Å². The van der Waals surface area contributed by atoms with Gasteiger partial charge in [0.15, 0.2) is 0 Å². The first-order valence-electron chi connectivity index (χ1n) is 14.4. The van der Waals surface area contributed by atoms with Crippen LogP contribution in [0.4, 0.5) is 11.4 Å². The second-order valence-electron chi connectivity index (χ2n) is 10.9. The fraction of sp³-hybridized carbons (Fsp3) is 0. The summed E-state index contributed by atoms with van der Waals surface area (Å²) in [6.07, 6.45) is 0. The Labute approximate surface area is 263 Å². The Morgan fingerprint density at radius 1 is 0.568 bits per heavy atom. The molecule has 1 aliphatic heterocycles. The minimum absolute atomic E-state index is 0.662. The molecule has 0 unspecified atom stereocenters. The molecular formula is C38H23ClN4S. The van der Waals surface area contributed by atoms with E-state index in [1.54, 1.807) is 11.8 Å².